The minimum atomic E-state index is -0.101. The van der Waals surface area contributed by atoms with Gasteiger partial charge in [-0.25, -0.2) is 0 Å². The van der Waals surface area contributed by atoms with E-state index in [-0.39, 0.29) is 18.3 Å². The Morgan fingerprint density at radius 3 is 2.58 bits per heavy atom. The van der Waals surface area contributed by atoms with E-state index in [0.29, 0.717) is 18.2 Å². The van der Waals surface area contributed by atoms with Gasteiger partial charge in [-0.1, -0.05) is 20.8 Å². The Hall–Kier alpha value is -1.07. The second-order valence-corrected chi connectivity index (χ2v) is 4.74. The lowest BCUT2D eigenvalue weighted by Gasteiger charge is -2.03. The Balaban J connectivity index is 0.00000324. The van der Waals surface area contributed by atoms with Gasteiger partial charge in [0, 0.05) is 25.8 Å². The van der Waals surface area contributed by atoms with Crippen LogP contribution in [0, 0.1) is 0 Å². The van der Waals surface area contributed by atoms with Gasteiger partial charge in [0.15, 0.2) is 0 Å². The Morgan fingerprint density at radius 2 is 2.05 bits per heavy atom. The van der Waals surface area contributed by atoms with Gasteiger partial charge in [0.05, 0.1) is 0 Å². The molecule has 0 unspecified atom stereocenters. The number of halogens is 1. The van der Waals surface area contributed by atoms with Crippen molar-refractivity contribution in [2.24, 2.45) is 7.05 Å². The van der Waals surface area contributed by atoms with E-state index in [0.717, 1.165) is 25.2 Å². The first-order valence-corrected chi connectivity index (χ1v) is 6.59. The minimum absolute atomic E-state index is 0. The highest BCUT2D eigenvalue weighted by molar-refractivity contribution is 5.92. The van der Waals surface area contributed by atoms with Crippen LogP contribution >= 0.6 is 12.4 Å². The van der Waals surface area contributed by atoms with Crippen molar-refractivity contribution in [1.29, 1.82) is 0 Å². The average molecular weight is 289 g/mol. The number of hydrogen-bond donors (Lipinski definition) is 2. The first-order chi connectivity index (χ1) is 8.56. The highest BCUT2D eigenvalue weighted by Gasteiger charge is 2.13. The molecule has 0 radical (unpaired) electrons. The number of carbonyl (C=O) groups is 1. The normalized spacial score (nSPS) is 10.4. The number of aromatic nitrogens is 2. The Kier molecular flexibility index (Phi) is 8.43. The molecular weight excluding hydrogens is 264 g/mol. The molecule has 0 fully saturated rings. The molecule has 0 aliphatic carbocycles. The van der Waals surface area contributed by atoms with Crippen LogP contribution in [-0.4, -0.2) is 35.3 Å². The van der Waals surface area contributed by atoms with Crippen molar-refractivity contribution >= 4 is 18.3 Å². The molecule has 1 rings (SSSR count). The zero-order chi connectivity index (χ0) is 13.5. The molecule has 6 heteroatoms. The van der Waals surface area contributed by atoms with Crippen molar-refractivity contribution in [2.45, 2.75) is 33.1 Å². The van der Waals surface area contributed by atoms with Crippen LogP contribution in [-0.2, 0) is 7.05 Å². The van der Waals surface area contributed by atoms with E-state index < -0.39 is 0 Å². The third kappa shape index (κ3) is 5.61. The van der Waals surface area contributed by atoms with E-state index in [9.17, 15) is 4.79 Å². The zero-order valence-corrected chi connectivity index (χ0v) is 13.0. The summed E-state index contributed by atoms with van der Waals surface area (Å²) < 4.78 is 1.77. The van der Waals surface area contributed by atoms with Crippen LogP contribution in [0.15, 0.2) is 6.07 Å². The van der Waals surface area contributed by atoms with E-state index in [1.165, 1.54) is 0 Å². The third-order valence-electron chi connectivity index (χ3n) is 2.75. The van der Waals surface area contributed by atoms with E-state index in [1.54, 1.807) is 4.68 Å². The van der Waals surface area contributed by atoms with E-state index in [2.05, 4.69) is 36.5 Å². The van der Waals surface area contributed by atoms with Crippen LogP contribution in [0.3, 0.4) is 0 Å². The van der Waals surface area contributed by atoms with E-state index >= 15 is 0 Å². The fourth-order valence-electron chi connectivity index (χ4n) is 1.79. The van der Waals surface area contributed by atoms with Gasteiger partial charge in [-0.15, -0.1) is 12.4 Å². The molecule has 0 aliphatic heterocycles. The lowest BCUT2D eigenvalue weighted by atomic mass is 10.1. The number of aryl methyl sites for hydroxylation is 1. The van der Waals surface area contributed by atoms with Gasteiger partial charge in [0.2, 0.25) is 0 Å². The van der Waals surface area contributed by atoms with Crippen LogP contribution in [0.2, 0.25) is 0 Å². The van der Waals surface area contributed by atoms with E-state index in [1.807, 2.05) is 13.1 Å². The Labute approximate surface area is 121 Å². The molecule has 0 atom stereocenters. The number of carbonyl (C=O) groups excluding carboxylic acids is 1. The first kappa shape index (κ1) is 17.9. The number of rotatable bonds is 7. The number of nitrogens with zero attached hydrogens (tertiary/aromatic N) is 2. The molecule has 0 aliphatic rings. The highest BCUT2D eigenvalue weighted by Crippen LogP contribution is 2.14. The lowest BCUT2D eigenvalue weighted by molar-refractivity contribution is 0.0948. The predicted octanol–water partition coefficient (Wildman–Crippen LogP) is 1.69. The summed E-state index contributed by atoms with van der Waals surface area (Å²) in [4.78, 5) is 11.9. The van der Waals surface area contributed by atoms with Gasteiger partial charge >= 0.3 is 0 Å². The molecule has 0 aromatic carbocycles. The highest BCUT2D eigenvalue weighted by atomic mass is 35.5. The summed E-state index contributed by atoms with van der Waals surface area (Å²) in [5.74, 6) is 0.270. The van der Waals surface area contributed by atoms with Crippen molar-refractivity contribution in [1.82, 2.24) is 20.4 Å². The smallest absolute Gasteiger partial charge is 0.271 e. The second-order valence-electron chi connectivity index (χ2n) is 4.74. The van der Waals surface area contributed by atoms with Gasteiger partial charge < -0.3 is 10.6 Å². The topological polar surface area (TPSA) is 58.9 Å². The summed E-state index contributed by atoms with van der Waals surface area (Å²) in [6.45, 7) is 8.71. The summed E-state index contributed by atoms with van der Waals surface area (Å²) in [6.07, 6.45) is 1.10. The maximum Gasteiger partial charge on any atom is 0.271 e. The minimum Gasteiger partial charge on any atom is -0.349 e. The fraction of sp³-hybridized carbons (Fsp3) is 0.692. The lowest BCUT2D eigenvalue weighted by Crippen LogP contribution is -2.32. The summed E-state index contributed by atoms with van der Waals surface area (Å²) in [7, 11) is 1.87. The predicted molar refractivity (Wildman–Crippen MR) is 80.0 cm³/mol. The molecule has 1 aromatic heterocycles. The van der Waals surface area contributed by atoms with Gasteiger partial charge in [-0.2, -0.15) is 5.10 Å². The second kappa shape index (κ2) is 8.93. The van der Waals surface area contributed by atoms with Crippen LogP contribution < -0.4 is 10.6 Å². The third-order valence-corrected chi connectivity index (χ3v) is 2.75. The quantitative estimate of drug-likeness (QED) is 0.751. The number of nitrogens with one attached hydrogen (secondary N) is 2. The summed E-state index contributed by atoms with van der Waals surface area (Å²) in [5.41, 5.74) is 1.57. The van der Waals surface area contributed by atoms with Crippen LogP contribution in [0.25, 0.3) is 0 Å². The SMILES string of the molecule is CCCNCCNC(=O)c1cc(C(C)C)n(C)n1.Cl. The molecule has 19 heavy (non-hydrogen) atoms. The molecular formula is C13H25ClN4O. The van der Waals surface area contributed by atoms with Crippen molar-refractivity contribution in [2.75, 3.05) is 19.6 Å². The van der Waals surface area contributed by atoms with Gasteiger partial charge in [0.25, 0.3) is 5.91 Å². The van der Waals surface area contributed by atoms with Crippen molar-refractivity contribution in [3.63, 3.8) is 0 Å². The van der Waals surface area contributed by atoms with Gasteiger partial charge in [-0.3, -0.25) is 9.48 Å². The molecule has 0 saturated heterocycles. The summed E-state index contributed by atoms with van der Waals surface area (Å²) in [6, 6.07) is 1.86. The molecule has 1 aromatic rings. The summed E-state index contributed by atoms with van der Waals surface area (Å²) in [5, 5.41) is 10.3. The molecule has 0 saturated carbocycles. The zero-order valence-electron chi connectivity index (χ0n) is 12.2. The molecule has 5 nitrogen and oxygen atoms in total. The molecule has 1 amide bonds. The average Bonchev–Trinajstić information content (AvgIpc) is 2.71. The first-order valence-electron chi connectivity index (χ1n) is 6.59. The standard InChI is InChI=1S/C13H24N4O.ClH/c1-5-6-14-7-8-15-13(18)11-9-12(10(2)3)17(4)16-11;/h9-10,14H,5-8H2,1-4H3,(H,15,18);1H. The van der Waals surface area contributed by atoms with Gasteiger partial charge in [-0.05, 0) is 24.9 Å². The van der Waals surface area contributed by atoms with Crippen molar-refractivity contribution < 1.29 is 4.79 Å². The molecule has 1 heterocycles. The van der Waals surface area contributed by atoms with Crippen LogP contribution in [0.5, 0.6) is 0 Å². The van der Waals surface area contributed by atoms with E-state index in [4.69, 9.17) is 0 Å². The fourth-order valence-corrected chi connectivity index (χ4v) is 1.79. The molecule has 2 N–H and O–H groups in total. The monoisotopic (exact) mass is 288 g/mol. The van der Waals surface area contributed by atoms with Gasteiger partial charge in [0.1, 0.15) is 5.69 Å². The molecule has 0 spiro atoms. The number of amides is 1. The molecule has 0 bridgehead atoms. The van der Waals surface area contributed by atoms with Crippen molar-refractivity contribution in [3.05, 3.63) is 17.5 Å². The Bertz CT molecular complexity index is 390. The maximum absolute atomic E-state index is 11.9. The summed E-state index contributed by atoms with van der Waals surface area (Å²) >= 11 is 0. The maximum atomic E-state index is 11.9. The van der Waals surface area contributed by atoms with Crippen LogP contribution in [0.1, 0.15) is 49.3 Å². The van der Waals surface area contributed by atoms with Crippen molar-refractivity contribution in [3.8, 4) is 0 Å². The molecule has 110 valence electrons. The number of hydrogen-bond acceptors (Lipinski definition) is 3. The van der Waals surface area contributed by atoms with Crippen LogP contribution in [0.4, 0.5) is 0 Å². The largest absolute Gasteiger partial charge is 0.349 e. The Morgan fingerprint density at radius 1 is 1.37 bits per heavy atom.